The molecule has 0 aromatic heterocycles. The average Bonchev–Trinajstić information content (AvgIpc) is 2.73. The first-order chi connectivity index (χ1) is 13.9. The fourth-order valence-electron chi connectivity index (χ4n) is 2.93. The Hall–Kier alpha value is -3.59. The standard InChI is InChI=1S/C26H24O3/c1-17(2)19-6-8-20(9-7-19)22-12-15-24(21-10-13-23(28-5)14-11-21)25(16-22)29-26(27)18(3)4/h6-16H,1,3H2,2,4-5H3. The van der Waals surface area contributed by atoms with Gasteiger partial charge in [0.25, 0.3) is 0 Å². The molecule has 3 aromatic carbocycles. The molecule has 0 saturated heterocycles. The van der Waals surface area contributed by atoms with Crippen molar-refractivity contribution in [1.29, 1.82) is 0 Å². The Morgan fingerprint density at radius 2 is 1.38 bits per heavy atom. The highest BCUT2D eigenvalue weighted by molar-refractivity contribution is 5.90. The first kappa shape index (κ1) is 20.2. The largest absolute Gasteiger partial charge is 0.497 e. The number of hydrogen-bond donors (Lipinski definition) is 0. The van der Waals surface area contributed by atoms with Crippen molar-refractivity contribution >= 4 is 11.5 Å². The van der Waals surface area contributed by atoms with Gasteiger partial charge in [-0.2, -0.15) is 0 Å². The van der Waals surface area contributed by atoms with Crippen LogP contribution in [0, 0.1) is 0 Å². The van der Waals surface area contributed by atoms with Crippen LogP contribution in [0.25, 0.3) is 27.8 Å². The number of hydrogen-bond acceptors (Lipinski definition) is 3. The van der Waals surface area contributed by atoms with Crippen LogP contribution in [0.1, 0.15) is 19.4 Å². The topological polar surface area (TPSA) is 35.5 Å². The molecule has 3 heteroatoms. The third-order valence-electron chi connectivity index (χ3n) is 4.64. The van der Waals surface area contributed by atoms with Gasteiger partial charge in [-0.3, -0.25) is 0 Å². The summed E-state index contributed by atoms with van der Waals surface area (Å²) in [4.78, 5) is 12.2. The number of rotatable bonds is 6. The van der Waals surface area contributed by atoms with Gasteiger partial charge >= 0.3 is 5.97 Å². The Labute approximate surface area is 171 Å². The fraction of sp³-hybridized carbons (Fsp3) is 0.115. The van der Waals surface area contributed by atoms with Gasteiger partial charge in [-0.05, 0) is 54.3 Å². The molecular weight excluding hydrogens is 360 g/mol. The Morgan fingerprint density at radius 1 is 0.793 bits per heavy atom. The van der Waals surface area contributed by atoms with Gasteiger partial charge in [0.1, 0.15) is 11.5 Å². The van der Waals surface area contributed by atoms with Crippen molar-refractivity contribution in [1.82, 2.24) is 0 Å². The predicted octanol–water partition coefficient (Wildman–Crippen LogP) is 6.54. The van der Waals surface area contributed by atoms with Crippen LogP contribution in [0.5, 0.6) is 11.5 Å². The van der Waals surface area contributed by atoms with Crippen molar-refractivity contribution in [2.75, 3.05) is 7.11 Å². The summed E-state index contributed by atoms with van der Waals surface area (Å²) in [5, 5.41) is 0. The van der Waals surface area contributed by atoms with E-state index in [2.05, 4.69) is 13.2 Å². The number of carbonyl (C=O) groups excluding carboxylic acids is 1. The summed E-state index contributed by atoms with van der Waals surface area (Å²) in [6.45, 7) is 11.3. The highest BCUT2D eigenvalue weighted by Gasteiger charge is 2.14. The number of benzene rings is 3. The summed E-state index contributed by atoms with van der Waals surface area (Å²) in [7, 11) is 1.63. The lowest BCUT2D eigenvalue weighted by molar-refractivity contribution is -0.130. The van der Waals surface area contributed by atoms with Crippen molar-refractivity contribution in [2.24, 2.45) is 0 Å². The van der Waals surface area contributed by atoms with Crippen molar-refractivity contribution in [3.63, 3.8) is 0 Å². The maximum atomic E-state index is 12.2. The lowest BCUT2D eigenvalue weighted by Crippen LogP contribution is -2.09. The minimum Gasteiger partial charge on any atom is -0.497 e. The second kappa shape index (κ2) is 8.61. The Kier molecular flexibility index (Phi) is 5.99. The van der Waals surface area contributed by atoms with Crippen LogP contribution in [0.15, 0.2) is 85.5 Å². The molecule has 0 heterocycles. The zero-order valence-corrected chi connectivity index (χ0v) is 17.0. The zero-order chi connectivity index (χ0) is 21.0. The van der Waals surface area contributed by atoms with E-state index in [-0.39, 0.29) is 0 Å². The molecule has 0 amide bonds. The van der Waals surface area contributed by atoms with Crippen molar-refractivity contribution in [3.05, 3.63) is 91.0 Å². The van der Waals surface area contributed by atoms with Gasteiger partial charge in [0, 0.05) is 11.1 Å². The second-order valence-electron chi connectivity index (χ2n) is 6.97. The molecular formula is C26H24O3. The molecule has 0 radical (unpaired) electrons. The third-order valence-corrected chi connectivity index (χ3v) is 4.64. The number of allylic oxidation sites excluding steroid dienone is 1. The van der Waals surface area contributed by atoms with Gasteiger partial charge in [-0.15, -0.1) is 0 Å². The molecule has 0 aliphatic rings. The molecule has 3 nitrogen and oxygen atoms in total. The average molecular weight is 384 g/mol. The molecule has 0 saturated carbocycles. The first-order valence-corrected chi connectivity index (χ1v) is 9.31. The molecule has 0 unspecified atom stereocenters. The SMILES string of the molecule is C=C(C)C(=O)Oc1cc(-c2ccc(C(=C)C)cc2)ccc1-c1ccc(OC)cc1. The first-order valence-electron chi connectivity index (χ1n) is 9.31. The van der Waals surface area contributed by atoms with Crippen LogP contribution in [0.2, 0.25) is 0 Å². The van der Waals surface area contributed by atoms with E-state index in [4.69, 9.17) is 9.47 Å². The lowest BCUT2D eigenvalue weighted by atomic mass is 9.97. The molecule has 0 spiro atoms. The summed E-state index contributed by atoms with van der Waals surface area (Å²) in [5.41, 5.74) is 6.20. The molecule has 3 rings (SSSR count). The van der Waals surface area contributed by atoms with Crippen LogP contribution in [0.3, 0.4) is 0 Å². The number of ether oxygens (including phenoxy) is 2. The molecule has 0 N–H and O–H groups in total. The van der Waals surface area contributed by atoms with E-state index >= 15 is 0 Å². The smallest absolute Gasteiger partial charge is 0.338 e. The van der Waals surface area contributed by atoms with Gasteiger partial charge in [0.05, 0.1) is 7.11 Å². The van der Waals surface area contributed by atoms with E-state index in [0.29, 0.717) is 11.3 Å². The number of methoxy groups -OCH3 is 1. The van der Waals surface area contributed by atoms with Crippen molar-refractivity contribution in [2.45, 2.75) is 13.8 Å². The normalized spacial score (nSPS) is 10.3. The maximum Gasteiger partial charge on any atom is 0.338 e. The summed E-state index contributed by atoms with van der Waals surface area (Å²) in [5.74, 6) is 0.808. The van der Waals surface area contributed by atoms with Gasteiger partial charge in [0.15, 0.2) is 0 Å². The third kappa shape index (κ3) is 4.64. The van der Waals surface area contributed by atoms with E-state index in [1.54, 1.807) is 14.0 Å². The zero-order valence-electron chi connectivity index (χ0n) is 17.0. The van der Waals surface area contributed by atoms with Gasteiger partial charge in [-0.25, -0.2) is 4.79 Å². The number of esters is 1. The van der Waals surface area contributed by atoms with E-state index < -0.39 is 5.97 Å². The molecule has 146 valence electrons. The Balaban J connectivity index is 2.05. The highest BCUT2D eigenvalue weighted by atomic mass is 16.5. The van der Waals surface area contributed by atoms with Crippen LogP contribution in [-0.4, -0.2) is 13.1 Å². The summed E-state index contributed by atoms with van der Waals surface area (Å²) in [6.07, 6.45) is 0. The second-order valence-corrected chi connectivity index (χ2v) is 6.97. The molecule has 0 atom stereocenters. The Morgan fingerprint density at radius 3 is 1.93 bits per heavy atom. The van der Waals surface area contributed by atoms with E-state index in [0.717, 1.165) is 39.1 Å². The van der Waals surface area contributed by atoms with Gasteiger partial charge < -0.3 is 9.47 Å². The van der Waals surface area contributed by atoms with E-state index in [9.17, 15) is 4.79 Å². The quantitative estimate of drug-likeness (QED) is 0.275. The van der Waals surface area contributed by atoms with Gasteiger partial charge in [-0.1, -0.05) is 67.3 Å². The molecule has 0 fully saturated rings. The molecule has 0 aliphatic heterocycles. The van der Waals surface area contributed by atoms with Crippen LogP contribution >= 0.6 is 0 Å². The fourth-order valence-corrected chi connectivity index (χ4v) is 2.93. The summed E-state index contributed by atoms with van der Waals surface area (Å²) >= 11 is 0. The molecule has 0 aliphatic carbocycles. The number of carbonyl (C=O) groups is 1. The summed E-state index contributed by atoms with van der Waals surface area (Å²) in [6, 6.07) is 21.7. The molecule has 29 heavy (non-hydrogen) atoms. The van der Waals surface area contributed by atoms with Crippen molar-refractivity contribution < 1.29 is 14.3 Å². The minimum absolute atomic E-state index is 0.349. The highest BCUT2D eigenvalue weighted by Crippen LogP contribution is 2.35. The summed E-state index contributed by atoms with van der Waals surface area (Å²) < 4.78 is 10.9. The minimum atomic E-state index is -0.449. The van der Waals surface area contributed by atoms with Gasteiger partial charge in [0.2, 0.25) is 0 Å². The van der Waals surface area contributed by atoms with E-state index in [1.807, 2.05) is 73.7 Å². The maximum absolute atomic E-state index is 12.2. The van der Waals surface area contributed by atoms with Crippen LogP contribution < -0.4 is 9.47 Å². The lowest BCUT2D eigenvalue weighted by Gasteiger charge is -2.13. The molecule has 0 bridgehead atoms. The van der Waals surface area contributed by atoms with Crippen LogP contribution in [0.4, 0.5) is 0 Å². The van der Waals surface area contributed by atoms with Crippen LogP contribution in [-0.2, 0) is 4.79 Å². The Bertz CT molecular complexity index is 1060. The predicted molar refractivity (Wildman–Crippen MR) is 119 cm³/mol. The molecule has 3 aromatic rings. The van der Waals surface area contributed by atoms with Crippen molar-refractivity contribution in [3.8, 4) is 33.8 Å². The monoisotopic (exact) mass is 384 g/mol. The van der Waals surface area contributed by atoms with E-state index in [1.165, 1.54) is 0 Å².